The maximum atomic E-state index is 13.5. The summed E-state index contributed by atoms with van der Waals surface area (Å²) in [7, 11) is 1.68. The molecule has 0 aliphatic carbocycles. The van der Waals surface area contributed by atoms with Crippen molar-refractivity contribution in [3.8, 4) is 0 Å². The van der Waals surface area contributed by atoms with Crippen LogP contribution < -0.4 is 4.90 Å². The molecule has 2 unspecified atom stereocenters. The lowest BCUT2D eigenvalue weighted by atomic mass is 9.76. The number of fused-ring (bicyclic) bond motifs is 1. The Balaban J connectivity index is 1.44. The maximum Gasteiger partial charge on any atom is 0.234 e. The molecule has 8 heteroatoms. The molecule has 1 spiro atoms. The van der Waals surface area contributed by atoms with Gasteiger partial charge in [0.15, 0.2) is 0 Å². The molecule has 0 radical (unpaired) electrons. The number of ether oxygens (including phenoxy) is 1. The van der Waals surface area contributed by atoms with Crippen molar-refractivity contribution < 1.29 is 23.2 Å². The van der Waals surface area contributed by atoms with E-state index in [1.165, 1.54) is 18.4 Å². The summed E-state index contributed by atoms with van der Waals surface area (Å²) < 4.78 is 24.5. The largest absolute Gasteiger partial charge is 0.364 e. The van der Waals surface area contributed by atoms with E-state index in [-0.39, 0.29) is 24.2 Å². The molecule has 4 heterocycles. The molecule has 2 fully saturated rings. The summed E-state index contributed by atoms with van der Waals surface area (Å²) in [6.07, 6.45) is 4.81. The van der Waals surface area contributed by atoms with Crippen LogP contribution >= 0.6 is 0 Å². The van der Waals surface area contributed by atoms with Gasteiger partial charge in [-0.2, -0.15) is 0 Å². The van der Waals surface area contributed by atoms with Gasteiger partial charge in [0.1, 0.15) is 23.4 Å². The summed E-state index contributed by atoms with van der Waals surface area (Å²) >= 11 is 0. The predicted molar refractivity (Wildman–Crippen MR) is 100 cm³/mol. The van der Waals surface area contributed by atoms with Gasteiger partial charge in [-0.3, -0.25) is 9.59 Å². The molecule has 7 nitrogen and oxygen atoms in total. The van der Waals surface area contributed by atoms with Crippen LogP contribution in [-0.4, -0.2) is 47.2 Å². The van der Waals surface area contributed by atoms with Crippen molar-refractivity contribution in [1.29, 1.82) is 0 Å². The summed E-state index contributed by atoms with van der Waals surface area (Å²) in [5.74, 6) is -1.89. The first-order chi connectivity index (χ1) is 13.9. The Morgan fingerprint density at radius 3 is 2.97 bits per heavy atom. The van der Waals surface area contributed by atoms with E-state index in [1.807, 2.05) is 12.2 Å². The number of anilines is 1. The summed E-state index contributed by atoms with van der Waals surface area (Å²) in [4.78, 5) is 29.8. The van der Waals surface area contributed by atoms with Crippen molar-refractivity contribution in [3.05, 3.63) is 59.8 Å². The summed E-state index contributed by atoms with van der Waals surface area (Å²) in [5, 5.41) is 3.84. The van der Waals surface area contributed by atoms with Crippen molar-refractivity contribution >= 4 is 17.5 Å². The Bertz CT molecular complexity index is 1020. The van der Waals surface area contributed by atoms with E-state index in [4.69, 9.17) is 9.26 Å². The Hall–Kier alpha value is -3.00. The van der Waals surface area contributed by atoms with Crippen LogP contribution in [0, 0.1) is 24.6 Å². The molecule has 2 aromatic rings. The Labute approximate surface area is 166 Å². The number of benzene rings is 1. The van der Waals surface area contributed by atoms with Gasteiger partial charge in [-0.1, -0.05) is 17.3 Å². The lowest BCUT2D eigenvalue weighted by Crippen LogP contribution is -2.44. The Morgan fingerprint density at radius 1 is 1.41 bits per heavy atom. The first-order valence-corrected chi connectivity index (χ1v) is 9.48. The molecule has 3 aliphatic heterocycles. The molecule has 1 aromatic carbocycles. The van der Waals surface area contributed by atoms with Gasteiger partial charge in [0.2, 0.25) is 11.8 Å². The van der Waals surface area contributed by atoms with E-state index in [0.717, 1.165) is 0 Å². The van der Waals surface area contributed by atoms with Gasteiger partial charge in [-0.25, -0.2) is 4.39 Å². The van der Waals surface area contributed by atoms with Gasteiger partial charge in [0.05, 0.1) is 31.0 Å². The molecule has 2 bridgehead atoms. The number of hydrogen-bond donors (Lipinski definition) is 0. The monoisotopic (exact) mass is 397 g/mol. The number of carbonyl (C=O) groups excluding carboxylic acids is 2. The van der Waals surface area contributed by atoms with Gasteiger partial charge >= 0.3 is 0 Å². The number of carbonyl (C=O) groups is 2. The molecule has 29 heavy (non-hydrogen) atoms. The maximum absolute atomic E-state index is 13.5. The number of hydrogen-bond acceptors (Lipinski definition) is 5. The van der Waals surface area contributed by atoms with Gasteiger partial charge in [-0.05, 0) is 30.7 Å². The van der Waals surface area contributed by atoms with Crippen LogP contribution in [0.25, 0.3) is 0 Å². The van der Waals surface area contributed by atoms with E-state index in [9.17, 15) is 14.0 Å². The number of nitrogens with zero attached hydrogens (tertiary/aromatic N) is 3. The average molecular weight is 397 g/mol. The molecule has 2 amide bonds. The third-order valence-corrected chi connectivity index (χ3v) is 6.10. The number of aromatic nitrogens is 1. The molecule has 2 saturated heterocycles. The quantitative estimate of drug-likeness (QED) is 0.739. The lowest BCUT2D eigenvalue weighted by molar-refractivity contribution is -0.139. The average Bonchev–Trinajstić information content (AvgIpc) is 3.44. The van der Waals surface area contributed by atoms with Crippen molar-refractivity contribution in [2.45, 2.75) is 25.2 Å². The van der Waals surface area contributed by atoms with Gasteiger partial charge in [-0.15, -0.1) is 0 Å². The van der Waals surface area contributed by atoms with Gasteiger partial charge in [0, 0.05) is 18.8 Å². The van der Waals surface area contributed by atoms with E-state index in [2.05, 4.69) is 5.16 Å². The van der Waals surface area contributed by atoms with E-state index in [0.29, 0.717) is 23.5 Å². The molecule has 1 aromatic heterocycles. The van der Waals surface area contributed by atoms with Crippen molar-refractivity contribution in [1.82, 2.24) is 10.1 Å². The fraction of sp³-hybridized carbons (Fsp3) is 0.381. The Kier molecular flexibility index (Phi) is 3.89. The normalized spacial score (nSPS) is 29.6. The fourth-order valence-electron chi connectivity index (χ4n) is 4.80. The molecule has 0 saturated carbocycles. The van der Waals surface area contributed by atoms with E-state index >= 15 is 0 Å². The van der Waals surface area contributed by atoms with Crippen LogP contribution in [-0.2, 0) is 20.9 Å². The molecule has 0 N–H and O–H groups in total. The highest BCUT2D eigenvalue weighted by molar-refractivity contribution is 6.03. The molecular formula is C21H20FN3O4. The van der Waals surface area contributed by atoms with Crippen molar-refractivity contribution in [3.63, 3.8) is 0 Å². The topological polar surface area (TPSA) is 75.9 Å². The zero-order chi connectivity index (χ0) is 20.3. The van der Waals surface area contributed by atoms with Crippen LogP contribution in [0.15, 0.2) is 47.2 Å². The third kappa shape index (κ3) is 2.62. The smallest absolute Gasteiger partial charge is 0.234 e. The number of aryl methyl sites for hydroxylation is 1. The first kappa shape index (κ1) is 18.1. The minimum Gasteiger partial charge on any atom is -0.364 e. The molecule has 150 valence electrons. The fourth-order valence-corrected chi connectivity index (χ4v) is 4.80. The molecule has 4 atom stereocenters. The second-order valence-corrected chi connectivity index (χ2v) is 7.94. The summed E-state index contributed by atoms with van der Waals surface area (Å²) in [6, 6.07) is 6.03. The SMILES string of the molecule is Cc1cc(F)ccc1N1C[C@@]23C=C[C@@H](O2)C(C(=O)N(C)Cc2ccon2)C3C1=O. The van der Waals surface area contributed by atoms with Crippen LogP contribution in [0.5, 0.6) is 0 Å². The zero-order valence-corrected chi connectivity index (χ0v) is 16.0. The number of rotatable bonds is 4. The van der Waals surface area contributed by atoms with Gasteiger partial charge in [0.25, 0.3) is 0 Å². The molecule has 3 aliphatic rings. The summed E-state index contributed by atoms with van der Waals surface area (Å²) in [6.45, 7) is 2.36. The van der Waals surface area contributed by atoms with Crippen molar-refractivity contribution in [2.24, 2.45) is 11.8 Å². The summed E-state index contributed by atoms with van der Waals surface area (Å²) in [5.41, 5.74) is 1.12. The minimum absolute atomic E-state index is 0.166. The van der Waals surface area contributed by atoms with Crippen LogP contribution in [0.1, 0.15) is 11.3 Å². The predicted octanol–water partition coefficient (Wildman–Crippen LogP) is 2.07. The van der Waals surface area contributed by atoms with Crippen LogP contribution in [0.3, 0.4) is 0 Å². The van der Waals surface area contributed by atoms with Crippen LogP contribution in [0.2, 0.25) is 0 Å². The van der Waals surface area contributed by atoms with Crippen LogP contribution in [0.4, 0.5) is 10.1 Å². The first-order valence-electron chi connectivity index (χ1n) is 9.48. The minimum atomic E-state index is -0.822. The van der Waals surface area contributed by atoms with Gasteiger partial charge < -0.3 is 19.1 Å². The van der Waals surface area contributed by atoms with E-state index in [1.54, 1.807) is 35.9 Å². The highest BCUT2D eigenvalue weighted by Gasteiger charge is 2.67. The Morgan fingerprint density at radius 2 is 2.24 bits per heavy atom. The molecule has 5 rings (SSSR count). The molecular weight excluding hydrogens is 377 g/mol. The lowest BCUT2D eigenvalue weighted by Gasteiger charge is -2.27. The number of halogens is 1. The zero-order valence-electron chi connectivity index (χ0n) is 16.0. The third-order valence-electron chi connectivity index (χ3n) is 6.10. The number of amides is 2. The van der Waals surface area contributed by atoms with Crippen molar-refractivity contribution in [2.75, 3.05) is 18.5 Å². The second-order valence-electron chi connectivity index (χ2n) is 7.94. The van der Waals surface area contributed by atoms with E-state index < -0.39 is 23.5 Å². The second kappa shape index (κ2) is 6.25. The highest BCUT2D eigenvalue weighted by atomic mass is 19.1. The highest BCUT2D eigenvalue weighted by Crippen LogP contribution is 2.53. The standard InChI is InChI=1S/C21H20FN3O4/c1-12-9-13(22)3-4-15(12)25-11-21-7-5-16(29-21)17(18(21)20(25)27)19(26)24(2)10-14-6-8-28-23-14/h3-9,16-18H,10-11H2,1-2H3/t16-,17?,18?,21-/m1/s1.